The van der Waals surface area contributed by atoms with Crippen molar-refractivity contribution in [1.29, 1.82) is 0 Å². The first-order chi connectivity index (χ1) is 9.47. The molecule has 0 aromatic carbocycles. The molecule has 0 saturated carbocycles. The number of nitrogens with two attached hydrogens (primary N) is 1. The lowest BCUT2D eigenvalue weighted by Gasteiger charge is -2.29. The maximum Gasteiger partial charge on any atom is 0.242 e. The Morgan fingerprint density at radius 3 is 2.43 bits per heavy atom. The van der Waals surface area contributed by atoms with Crippen LogP contribution in [-0.2, 0) is 9.59 Å². The third-order valence-corrected chi connectivity index (χ3v) is 4.36. The van der Waals surface area contributed by atoms with Crippen LogP contribution in [0.25, 0.3) is 0 Å². The van der Waals surface area contributed by atoms with Crippen LogP contribution in [0.2, 0.25) is 0 Å². The number of halogens is 1. The second-order valence-corrected chi connectivity index (χ2v) is 5.78. The molecular formula is C15H30ClN3O2. The smallest absolute Gasteiger partial charge is 0.242 e. The van der Waals surface area contributed by atoms with Gasteiger partial charge in [0.25, 0.3) is 0 Å². The fourth-order valence-corrected chi connectivity index (χ4v) is 2.58. The predicted octanol–water partition coefficient (Wildman–Crippen LogP) is 1.83. The summed E-state index contributed by atoms with van der Waals surface area (Å²) >= 11 is 0. The highest BCUT2D eigenvalue weighted by molar-refractivity contribution is 5.88. The summed E-state index contributed by atoms with van der Waals surface area (Å²) in [6, 6.07) is -0.299. The summed E-state index contributed by atoms with van der Waals surface area (Å²) in [4.78, 5) is 26.0. The van der Waals surface area contributed by atoms with Crippen molar-refractivity contribution < 1.29 is 9.59 Å². The number of amides is 2. The average Bonchev–Trinajstić information content (AvgIpc) is 2.94. The Morgan fingerprint density at radius 2 is 1.90 bits per heavy atom. The number of carbonyl (C=O) groups is 2. The normalized spacial score (nSPS) is 18.3. The van der Waals surface area contributed by atoms with Gasteiger partial charge in [0, 0.05) is 25.0 Å². The van der Waals surface area contributed by atoms with E-state index in [1.807, 2.05) is 20.8 Å². The van der Waals surface area contributed by atoms with Gasteiger partial charge >= 0.3 is 0 Å². The van der Waals surface area contributed by atoms with Crippen molar-refractivity contribution in [1.82, 2.24) is 10.2 Å². The first-order valence-electron chi connectivity index (χ1n) is 7.83. The lowest BCUT2D eigenvalue weighted by atomic mass is 9.94. The van der Waals surface area contributed by atoms with Crippen molar-refractivity contribution in [3.8, 4) is 0 Å². The topological polar surface area (TPSA) is 75.4 Å². The standard InChI is InChI=1S/C15H29N3O2.ClH/c1-4-8-13(19)18-10-7-9-12(18)14(20)17-11-15(16,5-2)6-3;/h12H,4-11,16H2,1-3H3,(H,17,20);1H. The predicted molar refractivity (Wildman–Crippen MR) is 87.4 cm³/mol. The van der Waals surface area contributed by atoms with E-state index in [4.69, 9.17) is 5.73 Å². The molecule has 3 N–H and O–H groups in total. The molecule has 2 amide bonds. The molecule has 0 aromatic rings. The largest absolute Gasteiger partial charge is 0.352 e. The summed E-state index contributed by atoms with van der Waals surface area (Å²) in [5, 5.41) is 2.94. The molecule has 1 rings (SSSR count). The monoisotopic (exact) mass is 319 g/mol. The van der Waals surface area contributed by atoms with Crippen LogP contribution in [0.4, 0.5) is 0 Å². The molecule has 5 nitrogen and oxygen atoms in total. The van der Waals surface area contributed by atoms with Gasteiger partial charge in [-0.25, -0.2) is 0 Å². The van der Waals surface area contributed by atoms with Crippen LogP contribution in [0.1, 0.15) is 59.3 Å². The van der Waals surface area contributed by atoms with E-state index in [-0.39, 0.29) is 35.8 Å². The number of likely N-dealkylation sites (tertiary alicyclic amines) is 1. The highest BCUT2D eigenvalue weighted by Crippen LogP contribution is 2.19. The lowest BCUT2D eigenvalue weighted by molar-refractivity contribution is -0.138. The zero-order chi connectivity index (χ0) is 15.2. The minimum Gasteiger partial charge on any atom is -0.352 e. The Balaban J connectivity index is 0.00000400. The molecule has 1 atom stereocenters. The van der Waals surface area contributed by atoms with E-state index in [1.54, 1.807) is 4.90 Å². The first-order valence-corrected chi connectivity index (χ1v) is 7.83. The minimum atomic E-state index is -0.341. The van der Waals surface area contributed by atoms with Crippen molar-refractivity contribution in [2.24, 2.45) is 5.73 Å². The van der Waals surface area contributed by atoms with Gasteiger partial charge in [0.2, 0.25) is 11.8 Å². The van der Waals surface area contributed by atoms with Crippen molar-refractivity contribution >= 4 is 24.2 Å². The maximum absolute atomic E-state index is 12.3. The second-order valence-electron chi connectivity index (χ2n) is 5.78. The number of nitrogens with zero attached hydrogens (tertiary/aromatic N) is 1. The molecule has 0 spiro atoms. The Kier molecular flexibility index (Phi) is 8.90. The summed E-state index contributed by atoms with van der Waals surface area (Å²) in [5.74, 6) is 0.0406. The van der Waals surface area contributed by atoms with Gasteiger partial charge in [-0.1, -0.05) is 20.8 Å². The van der Waals surface area contributed by atoms with Gasteiger partial charge in [0.1, 0.15) is 6.04 Å². The molecule has 0 aromatic heterocycles. The molecule has 6 heteroatoms. The van der Waals surface area contributed by atoms with Crippen LogP contribution in [0.15, 0.2) is 0 Å². The summed E-state index contributed by atoms with van der Waals surface area (Å²) in [5.41, 5.74) is 5.85. The van der Waals surface area contributed by atoms with E-state index in [2.05, 4.69) is 5.32 Å². The molecule has 0 radical (unpaired) electrons. The van der Waals surface area contributed by atoms with Crippen molar-refractivity contribution in [3.63, 3.8) is 0 Å². The van der Waals surface area contributed by atoms with E-state index in [0.717, 1.165) is 32.1 Å². The fraction of sp³-hybridized carbons (Fsp3) is 0.867. The molecule has 1 aliphatic heterocycles. The van der Waals surface area contributed by atoms with Crippen molar-refractivity contribution in [2.75, 3.05) is 13.1 Å². The molecule has 21 heavy (non-hydrogen) atoms. The van der Waals surface area contributed by atoms with Gasteiger partial charge in [-0.15, -0.1) is 12.4 Å². The zero-order valence-electron chi connectivity index (χ0n) is 13.5. The van der Waals surface area contributed by atoms with Gasteiger partial charge in [-0.05, 0) is 32.1 Å². The molecule has 1 saturated heterocycles. The van der Waals surface area contributed by atoms with E-state index in [1.165, 1.54) is 0 Å². The van der Waals surface area contributed by atoms with E-state index < -0.39 is 0 Å². The molecule has 0 aliphatic carbocycles. The molecule has 1 aliphatic rings. The summed E-state index contributed by atoms with van der Waals surface area (Å²) < 4.78 is 0. The third kappa shape index (κ3) is 5.47. The van der Waals surface area contributed by atoms with E-state index in [0.29, 0.717) is 19.5 Å². The van der Waals surface area contributed by atoms with Gasteiger partial charge in [-0.3, -0.25) is 9.59 Å². The molecule has 124 valence electrons. The van der Waals surface area contributed by atoms with Crippen molar-refractivity contribution in [2.45, 2.75) is 70.9 Å². The summed E-state index contributed by atoms with van der Waals surface area (Å²) in [7, 11) is 0. The third-order valence-electron chi connectivity index (χ3n) is 4.36. The number of nitrogens with one attached hydrogen (secondary N) is 1. The van der Waals surface area contributed by atoms with Crippen LogP contribution in [0.5, 0.6) is 0 Å². The Morgan fingerprint density at radius 1 is 1.29 bits per heavy atom. The maximum atomic E-state index is 12.3. The van der Waals surface area contributed by atoms with Gasteiger partial charge < -0.3 is 16.0 Å². The Bertz CT molecular complexity index is 346. The van der Waals surface area contributed by atoms with Crippen LogP contribution < -0.4 is 11.1 Å². The van der Waals surface area contributed by atoms with Crippen LogP contribution in [0.3, 0.4) is 0 Å². The number of hydrogen-bond donors (Lipinski definition) is 2. The van der Waals surface area contributed by atoms with Crippen LogP contribution in [0, 0.1) is 0 Å². The SMILES string of the molecule is CCCC(=O)N1CCCC1C(=O)NCC(N)(CC)CC.Cl. The van der Waals surface area contributed by atoms with Crippen molar-refractivity contribution in [3.05, 3.63) is 0 Å². The van der Waals surface area contributed by atoms with Gasteiger partial charge in [-0.2, -0.15) is 0 Å². The average molecular weight is 320 g/mol. The van der Waals surface area contributed by atoms with Gasteiger partial charge in [0.05, 0.1) is 0 Å². The number of rotatable bonds is 7. The molecule has 1 heterocycles. The molecular weight excluding hydrogens is 290 g/mol. The number of hydrogen-bond acceptors (Lipinski definition) is 3. The number of carbonyl (C=O) groups excluding carboxylic acids is 2. The quantitative estimate of drug-likeness (QED) is 0.751. The molecule has 0 bridgehead atoms. The van der Waals surface area contributed by atoms with Crippen LogP contribution >= 0.6 is 12.4 Å². The summed E-state index contributed by atoms with van der Waals surface area (Å²) in [6.45, 7) is 7.22. The first kappa shape index (κ1) is 20.2. The lowest BCUT2D eigenvalue weighted by Crippen LogP contribution is -2.53. The fourth-order valence-electron chi connectivity index (χ4n) is 2.58. The highest BCUT2D eigenvalue weighted by Gasteiger charge is 2.34. The van der Waals surface area contributed by atoms with Gasteiger partial charge in [0.15, 0.2) is 0 Å². The zero-order valence-corrected chi connectivity index (χ0v) is 14.3. The second kappa shape index (κ2) is 9.26. The molecule has 1 fully saturated rings. The Hall–Kier alpha value is -0.810. The van der Waals surface area contributed by atoms with E-state index in [9.17, 15) is 9.59 Å². The van der Waals surface area contributed by atoms with E-state index >= 15 is 0 Å². The summed E-state index contributed by atoms with van der Waals surface area (Å²) in [6.07, 6.45) is 4.66. The molecule has 1 unspecified atom stereocenters. The van der Waals surface area contributed by atoms with Crippen LogP contribution in [-0.4, -0.2) is 41.4 Å². The highest BCUT2D eigenvalue weighted by atomic mass is 35.5. The minimum absolute atomic E-state index is 0. The Labute approximate surface area is 134 Å².